The Labute approximate surface area is 156 Å². The topological polar surface area (TPSA) is 79.8 Å². The molecule has 3 rings (SSSR count). The minimum Gasteiger partial charge on any atom is -0.457 e. The van der Waals surface area contributed by atoms with Crippen LogP contribution in [0.2, 0.25) is 0 Å². The molecule has 0 bridgehead atoms. The largest absolute Gasteiger partial charge is 0.457 e. The molecule has 27 heavy (non-hydrogen) atoms. The van der Waals surface area contributed by atoms with Crippen molar-refractivity contribution < 1.29 is 14.3 Å². The zero-order valence-corrected chi connectivity index (χ0v) is 14.3. The predicted molar refractivity (Wildman–Crippen MR) is 104 cm³/mol. The first-order chi connectivity index (χ1) is 13.2. The van der Waals surface area contributed by atoms with E-state index in [0.29, 0.717) is 17.2 Å². The maximum Gasteiger partial charge on any atom is 0.329 e. The third-order valence-electron chi connectivity index (χ3n) is 3.48. The number of nitrogens with zero attached hydrogens (tertiary/aromatic N) is 1. The monoisotopic (exact) mass is 359 g/mol. The third kappa shape index (κ3) is 5.54. The maximum atomic E-state index is 11.9. The van der Waals surface area contributed by atoms with E-state index in [1.165, 1.54) is 6.21 Å². The molecule has 0 spiro atoms. The van der Waals surface area contributed by atoms with E-state index in [2.05, 4.69) is 15.8 Å². The van der Waals surface area contributed by atoms with Gasteiger partial charge in [-0.3, -0.25) is 9.59 Å². The number of rotatable bonds is 5. The van der Waals surface area contributed by atoms with E-state index >= 15 is 0 Å². The second kappa shape index (κ2) is 8.96. The lowest BCUT2D eigenvalue weighted by Gasteiger charge is -2.07. The second-order valence-electron chi connectivity index (χ2n) is 5.50. The molecule has 6 nitrogen and oxygen atoms in total. The van der Waals surface area contributed by atoms with Crippen molar-refractivity contribution in [1.29, 1.82) is 0 Å². The van der Waals surface area contributed by atoms with Crippen LogP contribution in [0.25, 0.3) is 0 Å². The van der Waals surface area contributed by atoms with E-state index in [-0.39, 0.29) is 0 Å². The molecule has 0 saturated carbocycles. The Hall–Kier alpha value is -3.93. The molecule has 0 aliphatic carbocycles. The normalized spacial score (nSPS) is 10.4. The van der Waals surface area contributed by atoms with Crippen LogP contribution >= 0.6 is 0 Å². The van der Waals surface area contributed by atoms with Crippen LogP contribution in [0.5, 0.6) is 11.5 Å². The van der Waals surface area contributed by atoms with Crippen LogP contribution in [-0.4, -0.2) is 18.0 Å². The molecule has 0 aromatic heterocycles. The second-order valence-corrected chi connectivity index (χ2v) is 5.50. The average Bonchev–Trinajstić information content (AvgIpc) is 2.71. The van der Waals surface area contributed by atoms with Crippen LogP contribution in [0.3, 0.4) is 0 Å². The molecule has 0 aliphatic rings. The minimum atomic E-state index is -0.855. The fraction of sp³-hybridized carbons (Fsp3) is 0. The molecule has 3 aromatic rings. The number of carbonyl (C=O) groups is 2. The molecule has 3 aromatic carbocycles. The number of anilines is 1. The summed E-state index contributed by atoms with van der Waals surface area (Å²) in [5, 5.41) is 6.26. The van der Waals surface area contributed by atoms with Gasteiger partial charge in [0, 0.05) is 5.69 Å². The lowest BCUT2D eigenvalue weighted by Crippen LogP contribution is -2.32. The van der Waals surface area contributed by atoms with Gasteiger partial charge in [0.2, 0.25) is 0 Å². The van der Waals surface area contributed by atoms with E-state index < -0.39 is 11.8 Å². The van der Waals surface area contributed by atoms with Crippen LogP contribution in [0.1, 0.15) is 5.56 Å². The molecule has 6 heteroatoms. The predicted octanol–water partition coefficient (Wildman–Crippen LogP) is 3.57. The van der Waals surface area contributed by atoms with Crippen LogP contribution in [-0.2, 0) is 9.59 Å². The molecule has 0 aliphatic heterocycles. The molecular formula is C21H17N3O3. The molecule has 2 amide bonds. The summed E-state index contributed by atoms with van der Waals surface area (Å²) in [6.07, 6.45) is 1.46. The smallest absolute Gasteiger partial charge is 0.329 e. The van der Waals surface area contributed by atoms with Crippen molar-refractivity contribution in [3.8, 4) is 11.5 Å². The number of hydrazone groups is 1. The van der Waals surface area contributed by atoms with Gasteiger partial charge < -0.3 is 10.1 Å². The van der Waals surface area contributed by atoms with Crippen molar-refractivity contribution in [1.82, 2.24) is 5.43 Å². The number of hydrogen-bond donors (Lipinski definition) is 2. The van der Waals surface area contributed by atoms with Crippen LogP contribution in [0.4, 0.5) is 5.69 Å². The fourth-order valence-electron chi connectivity index (χ4n) is 2.17. The number of nitrogens with one attached hydrogen (secondary N) is 2. The highest BCUT2D eigenvalue weighted by Gasteiger charge is 2.12. The maximum absolute atomic E-state index is 11.9. The van der Waals surface area contributed by atoms with Gasteiger partial charge >= 0.3 is 11.8 Å². The number of hydrogen-bond acceptors (Lipinski definition) is 4. The Morgan fingerprint density at radius 3 is 2.00 bits per heavy atom. The molecule has 2 N–H and O–H groups in total. The van der Waals surface area contributed by atoms with Gasteiger partial charge in [0.15, 0.2) is 0 Å². The Morgan fingerprint density at radius 2 is 1.33 bits per heavy atom. The van der Waals surface area contributed by atoms with Crippen molar-refractivity contribution in [2.75, 3.05) is 5.32 Å². The van der Waals surface area contributed by atoms with Crippen LogP contribution in [0, 0.1) is 0 Å². The van der Waals surface area contributed by atoms with Crippen molar-refractivity contribution in [3.05, 3.63) is 90.5 Å². The Kier molecular flexibility index (Phi) is 5.93. The summed E-state index contributed by atoms with van der Waals surface area (Å²) in [5.41, 5.74) is 3.48. The lowest BCUT2D eigenvalue weighted by atomic mass is 10.2. The van der Waals surface area contributed by atoms with E-state index in [0.717, 1.165) is 5.56 Å². The number of amides is 2. The van der Waals surface area contributed by atoms with E-state index in [1.54, 1.807) is 24.3 Å². The zero-order chi connectivity index (χ0) is 18.9. The highest BCUT2D eigenvalue weighted by Crippen LogP contribution is 2.22. The molecule has 0 atom stereocenters. The Balaban J connectivity index is 1.51. The Bertz CT molecular complexity index is 924. The molecule has 134 valence electrons. The van der Waals surface area contributed by atoms with Crippen molar-refractivity contribution >= 4 is 23.7 Å². The number of para-hydroxylation sites is 1. The van der Waals surface area contributed by atoms with E-state index in [1.807, 2.05) is 60.7 Å². The van der Waals surface area contributed by atoms with Gasteiger partial charge in [-0.1, -0.05) is 48.5 Å². The summed E-state index contributed by atoms with van der Waals surface area (Å²) in [6.45, 7) is 0. The van der Waals surface area contributed by atoms with E-state index in [4.69, 9.17) is 4.74 Å². The standard InChI is InChI=1S/C21H17N3O3/c25-20(21(26)24-22-15-16-7-3-1-4-8-16)23-17-11-13-19(14-12-17)27-18-9-5-2-6-10-18/h1-15H,(H,23,25)(H,24,26)/b22-15-. The highest BCUT2D eigenvalue weighted by molar-refractivity contribution is 6.39. The third-order valence-corrected chi connectivity index (χ3v) is 3.48. The van der Waals surface area contributed by atoms with Gasteiger partial charge in [0.05, 0.1) is 6.21 Å². The minimum absolute atomic E-state index is 0.475. The van der Waals surface area contributed by atoms with Crippen molar-refractivity contribution in [3.63, 3.8) is 0 Å². The SMILES string of the molecule is O=C(N/N=C\c1ccccc1)C(=O)Nc1ccc(Oc2ccccc2)cc1. The fourth-order valence-corrected chi connectivity index (χ4v) is 2.17. The summed E-state index contributed by atoms with van der Waals surface area (Å²) in [6, 6.07) is 25.3. The van der Waals surface area contributed by atoms with Gasteiger partial charge in [-0.15, -0.1) is 0 Å². The van der Waals surface area contributed by atoms with Crippen LogP contribution in [0.15, 0.2) is 90.0 Å². The Morgan fingerprint density at radius 1 is 0.741 bits per heavy atom. The quantitative estimate of drug-likeness (QED) is 0.415. The van der Waals surface area contributed by atoms with Gasteiger partial charge in [-0.05, 0) is 42.0 Å². The molecule has 0 heterocycles. The number of ether oxygens (including phenoxy) is 1. The molecule has 0 radical (unpaired) electrons. The molecule has 0 saturated heterocycles. The first-order valence-corrected chi connectivity index (χ1v) is 8.23. The summed E-state index contributed by atoms with van der Waals surface area (Å²) >= 11 is 0. The zero-order valence-electron chi connectivity index (χ0n) is 14.3. The lowest BCUT2D eigenvalue weighted by molar-refractivity contribution is -0.136. The van der Waals surface area contributed by atoms with Crippen LogP contribution < -0.4 is 15.5 Å². The first kappa shape index (κ1) is 17.9. The van der Waals surface area contributed by atoms with Crippen molar-refractivity contribution in [2.45, 2.75) is 0 Å². The average molecular weight is 359 g/mol. The molecule has 0 fully saturated rings. The summed E-state index contributed by atoms with van der Waals surface area (Å²) < 4.78 is 5.67. The molecule has 0 unspecified atom stereocenters. The van der Waals surface area contributed by atoms with Gasteiger partial charge in [-0.2, -0.15) is 5.10 Å². The van der Waals surface area contributed by atoms with Gasteiger partial charge in [0.25, 0.3) is 0 Å². The van der Waals surface area contributed by atoms with Crippen molar-refractivity contribution in [2.24, 2.45) is 5.10 Å². The number of benzene rings is 3. The van der Waals surface area contributed by atoms with E-state index in [9.17, 15) is 9.59 Å². The summed E-state index contributed by atoms with van der Waals surface area (Å²) in [7, 11) is 0. The summed E-state index contributed by atoms with van der Waals surface area (Å²) in [4.78, 5) is 23.7. The summed E-state index contributed by atoms with van der Waals surface area (Å²) in [5.74, 6) is -0.329. The number of carbonyl (C=O) groups excluding carboxylic acids is 2. The highest BCUT2D eigenvalue weighted by atomic mass is 16.5. The first-order valence-electron chi connectivity index (χ1n) is 8.23. The molecular weight excluding hydrogens is 342 g/mol. The van der Waals surface area contributed by atoms with Gasteiger partial charge in [0.1, 0.15) is 11.5 Å². The van der Waals surface area contributed by atoms with Gasteiger partial charge in [-0.25, -0.2) is 5.43 Å².